The van der Waals surface area contributed by atoms with Crippen molar-refractivity contribution < 1.29 is 19.8 Å². The van der Waals surface area contributed by atoms with Crippen LogP contribution < -0.4 is 0 Å². The van der Waals surface area contributed by atoms with E-state index in [2.05, 4.69) is 10.2 Å². The van der Waals surface area contributed by atoms with E-state index in [0.29, 0.717) is 19.5 Å². The number of amides is 1. The molecular formula is C20H19N3O4S. The summed E-state index contributed by atoms with van der Waals surface area (Å²) in [7, 11) is 0. The van der Waals surface area contributed by atoms with Crippen LogP contribution in [0.3, 0.4) is 0 Å². The number of nitrogens with zero attached hydrogens (tertiary/aromatic N) is 2. The minimum atomic E-state index is -0.973. The van der Waals surface area contributed by atoms with E-state index in [1.807, 2.05) is 17.5 Å². The molecule has 0 saturated heterocycles. The van der Waals surface area contributed by atoms with Gasteiger partial charge in [0.1, 0.15) is 0 Å². The number of hydrogen-bond donors (Lipinski definition) is 3. The average molecular weight is 397 g/mol. The van der Waals surface area contributed by atoms with Crippen molar-refractivity contribution in [2.24, 2.45) is 0 Å². The molecule has 0 saturated carbocycles. The number of nitrogens with one attached hydrogen (secondary N) is 1. The van der Waals surface area contributed by atoms with Crippen molar-refractivity contribution in [1.29, 1.82) is 0 Å². The van der Waals surface area contributed by atoms with Crippen molar-refractivity contribution in [1.82, 2.24) is 15.1 Å². The second-order valence-electron chi connectivity index (χ2n) is 6.69. The van der Waals surface area contributed by atoms with Crippen molar-refractivity contribution in [2.45, 2.75) is 25.4 Å². The highest BCUT2D eigenvalue weighted by Crippen LogP contribution is 2.34. The number of rotatable bonds is 6. The summed E-state index contributed by atoms with van der Waals surface area (Å²) >= 11 is 1.52. The average Bonchev–Trinajstić information content (AvgIpc) is 3.42. The highest BCUT2D eigenvalue weighted by molar-refractivity contribution is 7.10. The fraction of sp³-hybridized carbons (Fsp3) is 0.250. The van der Waals surface area contributed by atoms with Gasteiger partial charge < -0.3 is 15.1 Å². The molecule has 144 valence electrons. The maximum atomic E-state index is 13.1. The van der Waals surface area contributed by atoms with Gasteiger partial charge in [0.25, 0.3) is 0 Å². The van der Waals surface area contributed by atoms with Gasteiger partial charge in [-0.1, -0.05) is 18.2 Å². The highest BCUT2D eigenvalue weighted by Gasteiger charge is 2.33. The third-order valence-corrected chi connectivity index (χ3v) is 5.96. The van der Waals surface area contributed by atoms with Gasteiger partial charge in [-0.05, 0) is 30.0 Å². The summed E-state index contributed by atoms with van der Waals surface area (Å²) in [6, 6.07) is 10.4. The van der Waals surface area contributed by atoms with Gasteiger partial charge in [-0.25, -0.2) is 4.79 Å². The number of H-pyrrole nitrogens is 1. The third kappa shape index (κ3) is 3.32. The van der Waals surface area contributed by atoms with Crippen LogP contribution in [-0.4, -0.2) is 43.8 Å². The first-order valence-corrected chi connectivity index (χ1v) is 9.79. The second-order valence-corrected chi connectivity index (χ2v) is 7.67. The van der Waals surface area contributed by atoms with Crippen LogP contribution in [0, 0.1) is 0 Å². The molecule has 0 fully saturated rings. The molecule has 0 radical (unpaired) electrons. The molecule has 1 aliphatic heterocycles. The number of aromatic nitrogens is 2. The van der Waals surface area contributed by atoms with Crippen LogP contribution >= 0.6 is 11.3 Å². The first-order chi connectivity index (χ1) is 13.6. The van der Waals surface area contributed by atoms with E-state index < -0.39 is 5.97 Å². The predicted molar refractivity (Wildman–Crippen MR) is 104 cm³/mol. The molecule has 1 amide bonds. The normalized spacial score (nSPS) is 14.1. The quantitative estimate of drug-likeness (QED) is 0.593. The lowest BCUT2D eigenvalue weighted by Crippen LogP contribution is -2.31. The molecule has 3 heterocycles. The summed E-state index contributed by atoms with van der Waals surface area (Å²) in [5.41, 5.74) is 3.60. The van der Waals surface area contributed by atoms with Gasteiger partial charge in [0.2, 0.25) is 5.91 Å². The zero-order valence-corrected chi connectivity index (χ0v) is 15.8. The Labute approximate surface area is 165 Å². The number of aromatic amines is 1. The topological polar surface area (TPSA) is 107 Å². The summed E-state index contributed by atoms with van der Waals surface area (Å²) in [6.45, 7) is 0.839. The third-order valence-electron chi connectivity index (χ3n) is 4.97. The minimum Gasteiger partial charge on any atom is -0.478 e. The molecule has 0 aliphatic carbocycles. The van der Waals surface area contributed by atoms with Crippen LogP contribution in [-0.2, 0) is 17.9 Å². The summed E-state index contributed by atoms with van der Waals surface area (Å²) in [4.78, 5) is 26.9. The van der Waals surface area contributed by atoms with E-state index in [4.69, 9.17) is 5.11 Å². The number of carboxylic acids is 1. The van der Waals surface area contributed by atoms with Crippen molar-refractivity contribution >= 4 is 23.2 Å². The Hall–Kier alpha value is -2.97. The fourth-order valence-corrected chi connectivity index (χ4v) is 4.39. The fourth-order valence-electron chi connectivity index (χ4n) is 3.53. The number of aliphatic hydroxyl groups is 1. The second kappa shape index (κ2) is 7.57. The highest BCUT2D eigenvalue weighted by atomic mass is 32.1. The molecule has 4 rings (SSSR count). The van der Waals surface area contributed by atoms with Gasteiger partial charge in [-0.3, -0.25) is 9.89 Å². The number of benzene rings is 1. The maximum Gasteiger partial charge on any atom is 0.335 e. The van der Waals surface area contributed by atoms with Gasteiger partial charge in [0, 0.05) is 22.6 Å². The van der Waals surface area contributed by atoms with E-state index in [1.54, 1.807) is 29.2 Å². The monoisotopic (exact) mass is 397 g/mol. The van der Waals surface area contributed by atoms with Crippen LogP contribution in [0.4, 0.5) is 0 Å². The number of carboxylic acid groups (broad SMARTS) is 1. The lowest BCUT2D eigenvalue weighted by molar-refractivity contribution is -0.133. The van der Waals surface area contributed by atoms with Crippen molar-refractivity contribution in [2.75, 3.05) is 6.61 Å². The largest absolute Gasteiger partial charge is 0.478 e. The van der Waals surface area contributed by atoms with Gasteiger partial charge in [-0.15, -0.1) is 11.3 Å². The lowest BCUT2D eigenvalue weighted by Gasteiger charge is -2.22. The molecule has 2 aromatic heterocycles. The Balaban J connectivity index is 1.56. The van der Waals surface area contributed by atoms with E-state index in [0.717, 1.165) is 27.4 Å². The van der Waals surface area contributed by atoms with Crippen LogP contribution in [0.15, 0.2) is 41.8 Å². The number of hydrogen-bond acceptors (Lipinski definition) is 5. The SMILES string of the molecule is O=C(O)c1ccc(-c2n[nH]c3c2CN(C(=O)C(CCO)c2cccs2)C3)cc1. The van der Waals surface area contributed by atoms with Crippen molar-refractivity contribution in [3.8, 4) is 11.3 Å². The molecule has 3 aromatic rings. The molecule has 28 heavy (non-hydrogen) atoms. The van der Waals surface area contributed by atoms with Gasteiger partial charge >= 0.3 is 5.97 Å². The van der Waals surface area contributed by atoms with Crippen molar-refractivity contribution in [3.63, 3.8) is 0 Å². The molecule has 1 unspecified atom stereocenters. The minimum absolute atomic E-state index is 0.00623. The number of thiophene rings is 1. The Bertz CT molecular complexity index is 995. The molecule has 0 bridgehead atoms. The number of aromatic carboxylic acids is 1. The number of fused-ring (bicyclic) bond motifs is 1. The zero-order valence-electron chi connectivity index (χ0n) is 15.0. The number of carbonyl (C=O) groups excluding carboxylic acids is 1. The number of carbonyl (C=O) groups is 2. The van der Waals surface area contributed by atoms with E-state index in [1.165, 1.54) is 11.3 Å². The molecule has 1 atom stereocenters. The predicted octanol–water partition coefficient (Wildman–Crippen LogP) is 2.84. The standard InChI is InChI=1S/C20H19N3O4S/c24-8-7-14(17-2-1-9-28-17)19(25)23-10-15-16(11-23)21-22-18(15)12-3-5-13(6-4-12)20(26)27/h1-6,9,14,24H,7-8,10-11H2,(H,21,22)(H,26,27). The summed E-state index contributed by atoms with van der Waals surface area (Å²) in [6.07, 6.45) is 0.394. The van der Waals surface area contributed by atoms with Crippen LogP contribution in [0.2, 0.25) is 0 Å². The van der Waals surface area contributed by atoms with Crippen LogP contribution in [0.5, 0.6) is 0 Å². The smallest absolute Gasteiger partial charge is 0.335 e. The maximum absolute atomic E-state index is 13.1. The van der Waals surface area contributed by atoms with Crippen LogP contribution in [0.25, 0.3) is 11.3 Å². The van der Waals surface area contributed by atoms with Gasteiger partial charge in [-0.2, -0.15) is 5.10 Å². The van der Waals surface area contributed by atoms with Crippen LogP contribution in [0.1, 0.15) is 38.8 Å². The summed E-state index contributed by atoms with van der Waals surface area (Å²) < 4.78 is 0. The molecule has 8 heteroatoms. The van der Waals surface area contributed by atoms with E-state index in [-0.39, 0.29) is 24.0 Å². The lowest BCUT2D eigenvalue weighted by atomic mass is 10.0. The molecular weight excluding hydrogens is 378 g/mol. The van der Waals surface area contributed by atoms with Crippen molar-refractivity contribution in [3.05, 3.63) is 63.5 Å². The van der Waals surface area contributed by atoms with E-state index >= 15 is 0 Å². The zero-order chi connectivity index (χ0) is 19.7. The molecule has 1 aromatic carbocycles. The summed E-state index contributed by atoms with van der Waals surface area (Å²) in [5, 5.41) is 27.7. The van der Waals surface area contributed by atoms with Gasteiger partial charge in [0.05, 0.1) is 36.0 Å². The summed E-state index contributed by atoms with van der Waals surface area (Å²) in [5.74, 6) is -1.33. The molecule has 3 N–H and O–H groups in total. The Morgan fingerprint density at radius 3 is 2.64 bits per heavy atom. The Kier molecular flexibility index (Phi) is 4.97. The number of aliphatic hydroxyl groups excluding tert-OH is 1. The molecule has 0 spiro atoms. The Morgan fingerprint density at radius 2 is 2.00 bits per heavy atom. The Morgan fingerprint density at radius 1 is 1.21 bits per heavy atom. The molecule has 7 nitrogen and oxygen atoms in total. The van der Waals surface area contributed by atoms with Gasteiger partial charge in [0.15, 0.2) is 0 Å². The first-order valence-electron chi connectivity index (χ1n) is 8.91. The first kappa shape index (κ1) is 18.4. The van der Waals surface area contributed by atoms with E-state index in [9.17, 15) is 14.7 Å². The molecule has 1 aliphatic rings.